The third kappa shape index (κ3) is 2.03. The molecule has 1 unspecified atom stereocenters. The Morgan fingerprint density at radius 3 is 2.88 bits per heavy atom. The molecule has 1 heterocycles. The van der Waals surface area contributed by atoms with Crippen LogP contribution in [0.4, 0.5) is 5.69 Å². The molecule has 1 N–H and O–H groups in total. The van der Waals surface area contributed by atoms with Gasteiger partial charge in [-0.1, -0.05) is 41.4 Å². The summed E-state index contributed by atoms with van der Waals surface area (Å²) in [7, 11) is 0. The van der Waals surface area contributed by atoms with E-state index in [1.165, 1.54) is 22.4 Å². The lowest BCUT2D eigenvalue weighted by Gasteiger charge is -2.12. The normalized spacial score (nSPS) is 17.6. The predicted molar refractivity (Wildman–Crippen MR) is 72.7 cm³/mol. The van der Waals surface area contributed by atoms with E-state index >= 15 is 0 Å². The van der Waals surface area contributed by atoms with Crippen LogP contribution in [0.15, 0.2) is 42.5 Å². The number of benzene rings is 2. The van der Waals surface area contributed by atoms with Gasteiger partial charge in [-0.15, -0.1) is 0 Å². The topological polar surface area (TPSA) is 12.0 Å². The van der Waals surface area contributed by atoms with E-state index in [4.69, 9.17) is 11.6 Å². The predicted octanol–water partition coefficient (Wildman–Crippen LogP) is 4.36. The molecule has 3 rings (SSSR count). The molecule has 2 aromatic carbocycles. The summed E-state index contributed by atoms with van der Waals surface area (Å²) in [5.41, 5.74) is 5.17. The van der Waals surface area contributed by atoms with E-state index in [2.05, 4.69) is 48.6 Å². The number of fused-ring (bicyclic) bond motifs is 1. The Labute approximate surface area is 106 Å². The van der Waals surface area contributed by atoms with Gasteiger partial charge in [0.25, 0.3) is 0 Å². The Morgan fingerprint density at radius 2 is 2.06 bits per heavy atom. The van der Waals surface area contributed by atoms with Crippen LogP contribution in [-0.4, -0.2) is 0 Å². The van der Waals surface area contributed by atoms with Gasteiger partial charge in [0.15, 0.2) is 0 Å². The average Bonchev–Trinajstić information content (AvgIpc) is 2.72. The summed E-state index contributed by atoms with van der Waals surface area (Å²) in [5, 5.41) is 4.36. The third-order valence-electron chi connectivity index (χ3n) is 3.27. The molecule has 2 heteroatoms. The van der Waals surface area contributed by atoms with Crippen molar-refractivity contribution < 1.29 is 0 Å². The number of hydrogen-bond acceptors (Lipinski definition) is 1. The van der Waals surface area contributed by atoms with Crippen LogP contribution in [0.1, 0.15) is 22.7 Å². The Morgan fingerprint density at radius 1 is 1.18 bits per heavy atom. The van der Waals surface area contributed by atoms with Crippen LogP contribution in [0.25, 0.3) is 0 Å². The van der Waals surface area contributed by atoms with E-state index in [9.17, 15) is 0 Å². The van der Waals surface area contributed by atoms with Crippen molar-refractivity contribution in [2.24, 2.45) is 0 Å². The first-order valence-corrected chi connectivity index (χ1v) is 6.22. The van der Waals surface area contributed by atoms with Crippen LogP contribution in [-0.2, 0) is 6.42 Å². The highest BCUT2D eigenvalue weighted by atomic mass is 35.5. The van der Waals surface area contributed by atoms with Crippen molar-refractivity contribution in [3.05, 3.63) is 64.2 Å². The average molecular weight is 244 g/mol. The molecule has 1 aliphatic heterocycles. The monoisotopic (exact) mass is 243 g/mol. The van der Waals surface area contributed by atoms with Crippen LogP contribution < -0.4 is 5.32 Å². The zero-order valence-electron chi connectivity index (χ0n) is 9.70. The number of halogens is 1. The molecule has 1 aliphatic rings. The molecule has 0 aliphatic carbocycles. The van der Waals surface area contributed by atoms with Gasteiger partial charge in [0.1, 0.15) is 0 Å². The molecule has 0 saturated heterocycles. The molecule has 0 radical (unpaired) electrons. The third-order valence-corrected chi connectivity index (χ3v) is 3.50. The van der Waals surface area contributed by atoms with E-state index in [1.54, 1.807) is 0 Å². The minimum Gasteiger partial charge on any atom is -0.378 e. The van der Waals surface area contributed by atoms with Gasteiger partial charge in [-0.2, -0.15) is 0 Å². The Hall–Kier alpha value is -1.47. The minimum absolute atomic E-state index is 0.378. The van der Waals surface area contributed by atoms with Gasteiger partial charge < -0.3 is 5.32 Å². The Kier molecular flexibility index (Phi) is 2.56. The first-order chi connectivity index (χ1) is 8.22. The van der Waals surface area contributed by atoms with Crippen molar-refractivity contribution in [3.63, 3.8) is 0 Å². The molecule has 2 aromatic rings. The summed E-state index contributed by atoms with van der Waals surface area (Å²) < 4.78 is 0. The second kappa shape index (κ2) is 4.08. The van der Waals surface area contributed by atoms with Crippen LogP contribution in [0.3, 0.4) is 0 Å². The van der Waals surface area contributed by atoms with Crippen LogP contribution in [0.2, 0.25) is 5.02 Å². The second-order valence-corrected chi connectivity index (χ2v) is 5.05. The molecule has 86 valence electrons. The summed E-state index contributed by atoms with van der Waals surface area (Å²) in [6.07, 6.45) is 1.01. The van der Waals surface area contributed by atoms with E-state index in [0.717, 1.165) is 11.4 Å². The molecule has 0 fully saturated rings. The summed E-state index contributed by atoms with van der Waals surface area (Å²) in [6, 6.07) is 15.1. The number of hydrogen-bond donors (Lipinski definition) is 1. The van der Waals surface area contributed by atoms with Crippen molar-refractivity contribution in [1.82, 2.24) is 0 Å². The summed E-state index contributed by atoms with van der Waals surface area (Å²) in [6.45, 7) is 2.13. The molecule has 1 atom stereocenters. The highest BCUT2D eigenvalue weighted by Gasteiger charge is 2.21. The summed E-state index contributed by atoms with van der Waals surface area (Å²) in [4.78, 5) is 0. The van der Waals surface area contributed by atoms with Gasteiger partial charge in [-0.3, -0.25) is 0 Å². The lowest BCUT2D eigenvalue weighted by atomic mass is 10.0. The van der Waals surface area contributed by atoms with Gasteiger partial charge in [0.05, 0.1) is 6.04 Å². The molecule has 1 nitrogen and oxygen atoms in total. The van der Waals surface area contributed by atoms with Crippen LogP contribution in [0, 0.1) is 6.92 Å². The van der Waals surface area contributed by atoms with Gasteiger partial charge in [0.2, 0.25) is 0 Å². The van der Waals surface area contributed by atoms with E-state index in [-0.39, 0.29) is 0 Å². The van der Waals surface area contributed by atoms with Crippen molar-refractivity contribution in [2.75, 3.05) is 5.32 Å². The highest BCUT2D eigenvalue weighted by Crippen LogP contribution is 2.35. The fraction of sp³-hybridized carbons (Fsp3) is 0.200. The van der Waals surface area contributed by atoms with Crippen LogP contribution in [0.5, 0.6) is 0 Å². The van der Waals surface area contributed by atoms with E-state index in [0.29, 0.717) is 6.04 Å². The SMILES string of the molecule is Cc1cccc(C2Cc3cc(Cl)ccc3N2)c1. The fourth-order valence-electron chi connectivity index (χ4n) is 2.42. The largest absolute Gasteiger partial charge is 0.378 e. The van der Waals surface area contributed by atoms with Crippen molar-refractivity contribution >= 4 is 17.3 Å². The number of nitrogens with one attached hydrogen (secondary N) is 1. The Balaban J connectivity index is 1.91. The first-order valence-electron chi connectivity index (χ1n) is 5.84. The second-order valence-electron chi connectivity index (χ2n) is 4.62. The molecule has 0 saturated carbocycles. The van der Waals surface area contributed by atoms with Crippen molar-refractivity contribution in [1.29, 1.82) is 0 Å². The van der Waals surface area contributed by atoms with Crippen molar-refractivity contribution in [2.45, 2.75) is 19.4 Å². The molecule has 0 amide bonds. The van der Waals surface area contributed by atoms with Gasteiger partial charge in [-0.05, 0) is 42.7 Å². The van der Waals surface area contributed by atoms with Crippen molar-refractivity contribution in [3.8, 4) is 0 Å². The molecule has 17 heavy (non-hydrogen) atoms. The highest BCUT2D eigenvalue weighted by molar-refractivity contribution is 6.30. The molecule has 0 aromatic heterocycles. The quantitative estimate of drug-likeness (QED) is 0.785. The number of rotatable bonds is 1. The standard InChI is InChI=1S/C15H14ClN/c1-10-3-2-4-11(7-10)15-9-12-8-13(16)5-6-14(12)17-15/h2-8,15,17H,9H2,1H3. The summed E-state index contributed by atoms with van der Waals surface area (Å²) in [5.74, 6) is 0. The molecular weight excluding hydrogens is 230 g/mol. The maximum Gasteiger partial charge on any atom is 0.0555 e. The maximum atomic E-state index is 6.01. The lowest BCUT2D eigenvalue weighted by molar-refractivity contribution is 0.823. The fourth-order valence-corrected chi connectivity index (χ4v) is 2.61. The van der Waals surface area contributed by atoms with Gasteiger partial charge in [0, 0.05) is 10.7 Å². The van der Waals surface area contributed by atoms with E-state index in [1.807, 2.05) is 6.07 Å². The van der Waals surface area contributed by atoms with Crippen LogP contribution >= 0.6 is 11.6 Å². The smallest absolute Gasteiger partial charge is 0.0555 e. The van der Waals surface area contributed by atoms with E-state index < -0.39 is 0 Å². The zero-order chi connectivity index (χ0) is 11.8. The minimum atomic E-state index is 0.378. The number of aryl methyl sites for hydroxylation is 1. The molecule has 0 spiro atoms. The zero-order valence-corrected chi connectivity index (χ0v) is 10.5. The van der Waals surface area contributed by atoms with Gasteiger partial charge >= 0.3 is 0 Å². The molecular formula is C15H14ClN. The lowest BCUT2D eigenvalue weighted by Crippen LogP contribution is -2.05. The molecule has 0 bridgehead atoms. The summed E-state index contributed by atoms with van der Waals surface area (Å²) >= 11 is 6.01. The first kappa shape index (κ1) is 10.7. The number of anilines is 1. The Bertz CT molecular complexity index is 563. The van der Waals surface area contributed by atoms with Gasteiger partial charge in [-0.25, -0.2) is 0 Å². The maximum absolute atomic E-state index is 6.01.